The number of hydrogen-bond acceptors (Lipinski definition) is 2. The summed E-state index contributed by atoms with van der Waals surface area (Å²) in [5.41, 5.74) is 5.73. The molecule has 0 radical (unpaired) electrons. The molecule has 3 N–H and O–H groups in total. The smallest absolute Gasteiger partial charge is 0.0716 e. The van der Waals surface area contributed by atoms with E-state index in [1.54, 1.807) is 0 Å². The molecule has 0 aromatic rings. The van der Waals surface area contributed by atoms with Crippen molar-refractivity contribution in [2.45, 2.75) is 90.1 Å². The summed E-state index contributed by atoms with van der Waals surface area (Å²) < 4.78 is 0. The Hall–Kier alpha value is -0.0800. The van der Waals surface area contributed by atoms with Crippen molar-refractivity contribution in [2.24, 2.45) is 23.0 Å². The van der Waals surface area contributed by atoms with E-state index in [0.29, 0.717) is 6.54 Å². The molecule has 2 rings (SSSR count). The molecule has 0 bridgehead atoms. The lowest BCUT2D eigenvalue weighted by Crippen LogP contribution is -2.55. The van der Waals surface area contributed by atoms with Crippen molar-refractivity contribution >= 4 is 0 Å². The summed E-state index contributed by atoms with van der Waals surface area (Å²) in [5, 5.41) is 11.3. The molecule has 2 nitrogen and oxygen atoms in total. The van der Waals surface area contributed by atoms with Crippen molar-refractivity contribution in [2.75, 3.05) is 6.54 Å². The molecule has 0 aromatic heterocycles. The quantitative estimate of drug-likeness (QED) is 0.791. The van der Waals surface area contributed by atoms with E-state index < -0.39 is 5.60 Å². The molecule has 2 aliphatic carbocycles. The van der Waals surface area contributed by atoms with Crippen LogP contribution in [-0.4, -0.2) is 17.3 Å². The zero-order chi connectivity index (χ0) is 14.6. The van der Waals surface area contributed by atoms with Gasteiger partial charge in [-0.3, -0.25) is 0 Å². The van der Waals surface area contributed by atoms with Gasteiger partial charge in [0.05, 0.1) is 5.60 Å². The molecule has 0 heterocycles. The van der Waals surface area contributed by atoms with Gasteiger partial charge in [0.1, 0.15) is 0 Å². The molecule has 0 aromatic carbocycles. The molecule has 2 heteroatoms. The van der Waals surface area contributed by atoms with Crippen LogP contribution in [-0.2, 0) is 0 Å². The van der Waals surface area contributed by atoms with Gasteiger partial charge in [0, 0.05) is 12.0 Å². The summed E-state index contributed by atoms with van der Waals surface area (Å²) in [6, 6.07) is 0. The fourth-order valence-corrected chi connectivity index (χ4v) is 4.88. The molecule has 0 aliphatic heterocycles. The fraction of sp³-hybridized carbons (Fsp3) is 1.00. The summed E-state index contributed by atoms with van der Waals surface area (Å²) in [4.78, 5) is 0. The van der Waals surface area contributed by atoms with Gasteiger partial charge in [0.2, 0.25) is 0 Å². The van der Waals surface area contributed by atoms with E-state index >= 15 is 0 Å². The third-order valence-electron chi connectivity index (χ3n) is 6.65. The molecular formula is C18H35NO. The van der Waals surface area contributed by atoms with Gasteiger partial charge in [-0.25, -0.2) is 0 Å². The van der Waals surface area contributed by atoms with Crippen molar-refractivity contribution in [1.82, 2.24) is 0 Å². The van der Waals surface area contributed by atoms with Gasteiger partial charge in [0.15, 0.2) is 0 Å². The number of hydrogen-bond donors (Lipinski definition) is 2. The zero-order valence-corrected chi connectivity index (χ0v) is 13.7. The average Bonchev–Trinajstić information content (AvgIpc) is 2.50. The normalized spacial score (nSPS) is 42.6. The van der Waals surface area contributed by atoms with Crippen LogP contribution in [0.5, 0.6) is 0 Å². The first kappa shape index (κ1) is 16.3. The summed E-state index contributed by atoms with van der Waals surface area (Å²) in [6.45, 7) is 5.25. The number of nitrogens with two attached hydrogens (primary N) is 1. The van der Waals surface area contributed by atoms with Gasteiger partial charge in [-0.15, -0.1) is 0 Å². The second kappa shape index (κ2) is 6.79. The standard InChI is InChI=1S/C18H35NO/c1-3-5-16-8-12-18(20,13-9-16)17(14-19)10-6-15(4-2)7-11-17/h15-16,20H,3-14,19H2,1-2H3. The number of aliphatic hydroxyl groups is 1. The van der Waals surface area contributed by atoms with E-state index in [9.17, 15) is 5.11 Å². The monoisotopic (exact) mass is 281 g/mol. The Balaban J connectivity index is 2.00. The van der Waals surface area contributed by atoms with Gasteiger partial charge in [-0.2, -0.15) is 0 Å². The summed E-state index contributed by atoms with van der Waals surface area (Å²) >= 11 is 0. The second-order valence-electron chi connectivity index (χ2n) is 7.60. The first-order chi connectivity index (χ1) is 9.59. The predicted octanol–water partition coefficient (Wildman–Crippen LogP) is 4.25. The van der Waals surface area contributed by atoms with Crippen LogP contribution in [0, 0.1) is 17.3 Å². The van der Waals surface area contributed by atoms with Gasteiger partial charge >= 0.3 is 0 Å². The Morgan fingerprint density at radius 2 is 1.50 bits per heavy atom. The van der Waals surface area contributed by atoms with Crippen molar-refractivity contribution in [3.63, 3.8) is 0 Å². The van der Waals surface area contributed by atoms with E-state index in [4.69, 9.17) is 5.73 Å². The van der Waals surface area contributed by atoms with E-state index in [1.165, 1.54) is 44.9 Å². The Labute approximate surface area is 125 Å². The van der Waals surface area contributed by atoms with Gasteiger partial charge < -0.3 is 10.8 Å². The molecule has 0 amide bonds. The molecule has 2 fully saturated rings. The summed E-state index contributed by atoms with van der Waals surface area (Å²) in [5.74, 6) is 1.72. The van der Waals surface area contributed by atoms with Crippen molar-refractivity contribution in [1.29, 1.82) is 0 Å². The van der Waals surface area contributed by atoms with Crippen molar-refractivity contribution < 1.29 is 5.11 Å². The molecule has 118 valence electrons. The van der Waals surface area contributed by atoms with Crippen molar-refractivity contribution in [3.8, 4) is 0 Å². The molecule has 0 saturated heterocycles. The average molecular weight is 281 g/mol. The first-order valence-electron chi connectivity index (χ1n) is 9.01. The molecule has 0 spiro atoms. The molecule has 2 aliphatic rings. The third-order valence-corrected chi connectivity index (χ3v) is 6.65. The van der Waals surface area contributed by atoms with E-state index in [2.05, 4.69) is 13.8 Å². The minimum Gasteiger partial charge on any atom is -0.389 e. The number of rotatable bonds is 5. The largest absolute Gasteiger partial charge is 0.389 e. The highest BCUT2D eigenvalue weighted by molar-refractivity contribution is 5.03. The predicted molar refractivity (Wildman–Crippen MR) is 85.6 cm³/mol. The fourth-order valence-electron chi connectivity index (χ4n) is 4.88. The van der Waals surface area contributed by atoms with E-state index in [0.717, 1.165) is 37.5 Å². The highest BCUT2D eigenvalue weighted by atomic mass is 16.3. The van der Waals surface area contributed by atoms with Crippen LogP contribution in [0.4, 0.5) is 0 Å². The minimum absolute atomic E-state index is 0.0237. The van der Waals surface area contributed by atoms with Crippen LogP contribution in [0.1, 0.15) is 84.5 Å². The highest BCUT2D eigenvalue weighted by Crippen LogP contribution is 2.52. The molecular weight excluding hydrogens is 246 g/mol. The summed E-state index contributed by atoms with van der Waals surface area (Å²) in [7, 11) is 0. The third kappa shape index (κ3) is 3.06. The van der Waals surface area contributed by atoms with Crippen LogP contribution in [0.3, 0.4) is 0 Å². The SMILES string of the molecule is CCCC1CCC(O)(C2(CN)CCC(CC)CC2)CC1. The zero-order valence-electron chi connectivity index (χ0n) is 13.7. The van der Waals surface area contributed by atoms with Crippen LogP contribution in [0.15, 0.2) is 0 Å². The minimum atomic E-state index is -0.468. The maximum absolute atomic E-state index is 11.3. The summed E-state index contributed by atoms with van der Waals surface area (Å²) in [6.07, 6.45) is 13.2. The lowest BCUT2D eigenvalue weighted by atomic mass is 9.56. The van der Waals surface area contributed by atoms with Gasteiger partial charge in [-0.1, -0.05) is 33.1 Å². The molecule has 2 saturated carbocycles. The van der Waals surface area contributed by atoms with Crippen LogP contribution >= 0.6 is 0 Å². The lowest BCUT2D eigenvalue weighted by molar-refractivity contribution is -0.133. The first-order valence-corrected chi connectivity index (χ1v) is 9.01. The van der Waals surface area contributed by atoms with Crippen LogP contribution in [0.2, 0.25) is 0 Å². The molecule has 20 heavy (non-hydrogen) atoms. The Bertz CT molecular complexity index is 286. The molecule has 0 atom stereocenters. The van der Waals surface area contributed by atoms with Crippen molar-refractivity contribution in [3.05, 3.63) is 0 Å². The lowest BCUT2D eigenvalue weighted by Gasteiger charge is -2.53. The van der Waals surface area contributed by atoms with E-state index in [-0.39, 0.29) is 5.41 Å². The van der Waals surface area contributed by atoms with Crippen LogP contribution < -0.4 is 5.73 Å². The maximum Gasteiger partial charge on any atom is 0.0716 e. The Kier molecular flexibility index (Phi) is 5.53. The van der Waals surface area contributed by atoms with Gasteiger partial charge in [-0.05, 0) is 63.2 Å². The topological polar surface area (TPSA) is 46.2 Å². The van der Waals surface area contributed by atoms with E-state index in [1.807, 2.05) is 0 Å². The Morgan fingerprint density at radius 1 is 0.950 bits per heavy atom. The maximum atomic E-state index is 11.3. The van der Waals surface area contributed by atoms with Gasteiger partial charge in [0.25, 0.3) is 0 Å². The highest BCUT2D eigenvalue weighted by Gasteiger charge is 2.51. The van der Waals surface area contributed by atoms with Crippen LogP contribution in [0.25, 0.3) is 0 Å². The molecule has 0 unspecified atom stereocenters. The Morgan fingerprint density at radius 3 is 1.95 bits per heavy atom. The second-order valence-corrected chi connectivity index (χ2v) is 7.60.